The van der Waals surface area contributed by atoms with Gasteiger partial charge in [0.15, 0.2) is 0 Å². The Morgan fingerprint density at radius 2 is 2.20 bits per heavy atom. The predicted octanol–water partition coefficient (Wildman–Crippen LogP) is 1.03. The molecular formula is C16H20N2O2. The second-order valence-electron chi connectivity index (χ2n) is 5.02. The van der Waals surface area contributed by atoms with E-state index in [0.29, 0.717) is 12.1 Å². The molecular weight excluding hydrogens is 252 g/mol. The molecule has 2 atom stereocenters. The lowest BCUT2D eigenvalue weighted by Gasteiger charge is -2.28. The fourth-order valence-electron chi connectivity index (χ4n) is 2.42. The molecule has 1 aromatic rings. The van der Waals surface area contributed by atoms with Gasteiger partial charge in [0, 0.05) is 11.1 Å². The summed E-state index contributed by atoms with van der Waals surface area (Å²) in [5.74, 6) is 5.51. The van der Waals surface area contributed by atoms with Gasteiger partial charge in [0.05, 0.1) is 18.7 Å². The molecule has 0 aliphatic heterocycles. The lowest BCUT2D eigenvalue weighted by molar-refractivity contribution is 0.0717. The summed E-state index contributed by atoms with van der Waals surface area (Å²) in [6.45, 7) is 0.296. The molecule has 106 valence electrons. The van der Waals surface area contributed by atoms with Gasteiger partial charge < -0.3 is 16.2 Å². The molecule has 1 amide bonds. The van der Waals surface area contributed by atoms with Crippen molar-refractivity contribution in [2.24, 2.45) is 5.73 Å². The van der Waals surface area contributed by atoms with Crippen LogP contribution in [0.3, 0.4) is 0 Å². The molecule has 20 heavy (non-hydrogen) atoms. The number of benzene rings is 1. The first kappa shape index (κ1) is 14.6. The molecule has 4 nitrogen and oxygen atoms in total. The number of amides is 1. The lowest BCUT2D eigenvalue weighted by Crippen LogP contribution is -2.45. The van der Waals surface area contributed by atoms with E-state index < -0.39 is 6.10 Å². The van der Waals surface area contributed by atoms with Gasteiger partial charge in [-0.2, -0.15) is 0 Å². The van der Waals surface area contributed by atoms with E-state index in [2.05, 4.69) is 17.2 Å². The highest BCUT2D eigenvalue weighted by Gasteiger charge is 2.24. The van der Waals surface area contributed by atoms with Crippen molar-refractivity contribution in [2.45, 2.75) is 37.8 Å². The Morgan fingerprint density at radius 3 is 2.95 bits per heavy atom. The molecule has 2 unspecified atom stereocenters. The van der Waals surface area contributed by atoms with Crippen molar-refractivity contribution in [1.82, 2.24) is 5.32 Å². The summed E-state index contributed by atoms with van der Waals surface area (Å²) >= 11 is 0. The number of aliphatic hydroxyl groups is 1. The van der Waals surface area contributed by atoms with Crippen LogP contribution in [0.5, 0.6) is 0 Å². The van der Waals surface area contributed by atoms with E-state index in [1.165, 1.54) is 0 Å². The second-order valence-corrected chi connectivity index (χ2v) is 5.02. The van der Waals surface area contributed by atoms with Crippen molar-refractivity contribution >= 4 is 5.91 Å². The molecule has 1 saturated carbocycles. The summed E-state index contributed by atoms with van der Waals surface area (Å²) in [6, 6.07) is 6.99. The highest BCUT2D eigenvalue weighted by Crippen LogP contribution is 2.18. The Morgan fingerprint density at radius 1 is 1.40 bits per heavy atom. The molecule has 0 saturated heterocycles. The maximum atomic E-state index is 12.2. The monoisotopic (exact) mass is 272 g/mol. The van der Waals surface area contributed by atoms with Crippen LogP contribution in [-0.4, -0.2) is 29.7 Å². The average Bonchev–Trinajstić information content (AvgIpc) is 2.48. The van der Waals surface area contributed by atoms with Gasteiger partial charge in [0.2, 0.25) is 0 Å². The minimum Gasteiger partial charge on any atom is -0.391 e. The van der Waals surface area contributed by atoms with Crippen LogP contribution >= 0.6 is 0 Å². The maximum absolute atomic E-state index is 12.2. The standard InChI is InChI=1S/C16H20N2O2/c17-10-4-6-12-5-3-7-13(11-12)16(20)18-14-8-1-2-9-15(14)19/h3,5,7,11,14-15,19H,1-2,8-10,17H2,(H,18,20). The van der Waals surface area contributed by atoms with Crippen LogP contribution in [0.1, 0.15) is 41.6 Å². The maximum Gasteiger partial charge on any atom is 0.251 e. The van der Waals surface area contributed by atoms with Gasteiger partial charge in [-0.3, -0.25) is 4.79 Å². The minimum atomic E-state index is -0.437. The SMILES string of the molecule is NCC#Cc1cccc(C(=O)NC2CCCCC2O)c1. The van der Waals surface area contributed by atoms with Crippen LogP contribution in [0.2, 0.25) is 0 Å². The number of carbonyl (C=O) groups excluding carboxylic acids is 1. The Balaban J connectivity index is 2.05. The van der Waals surface area contributed by atoms with Crippen molar-refractivity contribution in [3.8, 4) is 11.8 Å². The fourth-order valence-corrected chi connectivity index (χ4v) is 2.42. The Hall–Kier alpha value is -1.83. The van der Waals surface area contributed by atoms with Gasteiger partial charge in [-0.25, -0.2) is 0 Å². The van der Waals surface area contributed by atoms with Crippen molar-refractivity contribution in [3.05, 3.63) is 35.4 Å². The van der Waals surface area contributed by atoms with Gasteiger partial charge in [0.1, 0.15) is 0 Å². The quantitative estimate of drug-likeness (QED) is 0.704. The molecule has 0 spiro atoms. The summed E-state index contributed by atoms with van der Waals surface area (Å²) in [4.78, 5) is 12.2. The Kier molecular flexibility index (Phi) is 5.16. The summed E-state index contributed by atoms with van der Waals surface area (Å²) in [7, 11) is 0. The topological polar surface area (TPSA) is 75.4 Å². The molecule has 0 heterocycles. The van der Waals surface area contributed by atoms with E-state index in [4.69, 9.17) is 5.73 Å². The van der Waals surface area contributed by atoms with Gasteiger partial charge >= 0.3 is 0 Å². The zero-order valence-corrected chi connectivity index (χ0v) is 11.4. The summed E-state index contributed by atoms with van der Waals surface area (Å²) in [6.07, 6.45) is 3.22. The molecule has 4 heteroatoms. The van der Waals surface area contributed by atoms with Crippen LogP contribution in [-0.2, 0) is 0 Å². The smallest absolute Gasteiger partial charge is 0.251 e. The van der Waals surface area contributed by atoms with Crippen LogP contribution in [0.15, 0.2) is 24.3 Å². The van der Waals surface area contributed by atoms with Crippen LogP contribution in [0, 0.1) is 11.8 Å². The average molecular weight is 272 g/mol. The first-order valence-corrected chi connectivity index (χ1v) is 6.98. The van der Waals surface area contributed by atoms with E-state index in [9.17, 15) is 9.90 Å². The molecule has 1 aliphatic carbocycles. The normalized spacial score (nSPS) is 21.7. The molecule has 1 aliphatic rings. The van der Waals surface area contributed by atoms with E-state index in [1.54, 1.807) is 18.2 Å². The Labute approximate surface area is 119 Å². The van der Waals surface area contributed by atoms with Crippen molar-refractivity contribution < 1.29 is 9.90 Å². The van der Waals surface area contributed by atoms with Crippen molar-refractivity contribution in [3.63, 3.8) is 0 Å². The van der Waals surface area contributed by atoms with E-state index >= 15 is 0 Å². The number of hydrogen-bond donors (Lipinski definition) is 3. The van der Waals surface area contributed by atoms with Crippen LogP contribution in [0.25, 0.3) is 0 Å². The third kappa shape index (κ3) is 3.83. The molecule has 1 fully saturated rings. The number of aliphatic hydroxyl groups excluding tert-OH is 1. The number of nitrogens with two attached hydrogens (primary N) is 1. The summed E-state index contributed by atoms with van der Waals surface area (Å²) in [5, 5.41) is 12.8. The Bertz CT molecular complexity index is 531. The fraction of sp³-hybridized carbons (Fsp3) is 0.438. The van der Waals surface area contributed by atoms with E-state index in [0.717, 1.165) is 31.2 Å². The summed E-state index contributed by atoms with van der Waals surface area (Å²) < 4.78 is 0. The van der Waals surface area contributed by atoms with Gasteiger partial charge in [-0.1, -0.05) is 30.7 Å². The second kappa shape index (κ2) is 7.09. The highest BCUT2D eigenvalue weighted by molar-refractivity contribution is 5.94. The number of nitrogens with one attached hydrogen (secondary N) is 1. The molecule has 0 bridgehead atoms. The molecule has 1 aromatic carbocycles. The third-order valence-electron chi connectivity index (χ3n) is 3.51. The largest absolute Gasteiger partial charge is 0.391 e. The molecule has 2 rings (SSSR count). The van der Waals surface area contributed by atoms with Crippen LogP contribution in [0.4, 0.5) is 0 Å². The van der Waals surface area contributed by atoms with Crippen molar-refractivity contribution in [2.75, 3.05) is 6.54 Å². The predicted molar refractivity (Wildman–Crippen MR) is 78.1 cm³/mol. The summed E-state index contributed by atoms with van der Waals surface area (Å²) in [5.41, 5.74) is 6.66. The third-order valence-corrected chi connectivity index (χ3v) is 3.51. The van der Waals surface area contributed by atoms with Crippen molar-refractivity contribution in [1.29, 1.82) is 0 Å². The highest BCUT2D eigenvalue weighted by atomic mass is 16.3. The molecule has 4 N–H and O–H groups in total. The van der Waals surface area contributed by atoms with E-state index in [1.807, 2.05) is 6.07 Å². The number of rotatable bonds is 2. The first-order valence-electron chi connectivity index (χ1n) is 6.98. The molecule has 0 radical (unpaired) electrons. The van der Waals surface area contributed by atoms with Gasteiger partial charge in [-0.15, -0.1) is 0 Å². The zero-order chi connectivity index (χ0) is 14.4. The van der Waals surface area contributed by atoms with Gasteiger partial charge in [0.25, 0.3) is 5.91 Å². The first-order chi connectivity index (χ1) is 9.70. The molecule has 0 aromatic heterocycles. The lowest BCUT2D eigenvalue weighted by atomic mass is 9.92. The van der Waals surface area contributed by atoms with Gasteiger partial charge in [-0.05, 0) is 31.0 Å². The van der Waals surface area contributed by atoms with Crippen LogP contribution < -0.4 is 11.1 Å². The zero-order valence-electron chi connectivity index (χ0n) is 11.4. The number of hydrogen-bond acceptors (Lipinski definition) is 3. The minimum absolute atomic E-state index is 0.143. The number of carbonyl (C=O) groups is 1. The van der Waals surface area contributed by atoms with E-state index in [-0.39, 0.29) is 11.9 Å².